The summed E-state index contributed by atoms with van der Waals surface area (Å²) >= 11 is 0. The molecule has 10 heteroatoms. The van der Waals surface area contributed by atoms with E-state index in [-0.39, 0.29) is 6.42 Å². The zero-order chi connectivity index (χ0) is 14.8. The molecule has 9 nitrogen and oxygen atoms in total. The van der Waals surface area contributed by atoms with Crippen LogP contribution in [0.3, 0.4) is 0 Å². The van der Waals surface area contributed by atoms with Gasteiger partial charge in [0, 0.05) is 12.0 Å². The van der Waals surface area contributed by atoms with Crippen LogP contribution in [0, 0.1) is 0 Å². The summed E-state index contributed by atoms with van der Waals surface area (Å²) < 4.78 is 26.2. The monoisotopic (exact) mass is 290 g/mol. The van der Waals surface area contributed by atoms with Gasteiger partial charge in [-0.05, 0) is 13.8 Å². The minimum absolute atomic E-state index is 0.233. The second kappa shape index (κ2) is 4.97. The molecule has 0 aliphatic heterocycles. The van der Waals surface area contributed by atoms with Gasteiger partial charge in [0.25, 0.3) is 10.0 Å². The summed E-state index contributed by atoms with van der Waals surface area (Å²) in [5.74, 6) is -2.11. The minimum atomic E-state index is -4.15. The smallest absolute Gasteiger partial charge is 0.340 e. The standard InChI is InChI=1S/C9H14N4O5S/c1-9(2,3-6(10)14)13-19(17,18)7-5(8(15)16)4-11-12-7/h4,13H,3H2,1-2H3,(H2,10,14)(H,11,12)(H,15,16). The number of rotatable bonds is 6. The van der Waals surface area contributed by atoms with Crippen molar-refractivity contribution in [1.82, 2.24) is 14.9 Å². The largest absolute Gasteiger partial charge is 0.478 e. The number of carboxylic acid groups (broad SMARTS) is 1. The summed E-state index contributed by atoms with van der Waals surface area (Å²) in [6.45, 7) is 2.90. The second-order valence-corrected chi connectivity index (χ2v) is 6.17. The van der Waals surface area contributed by atoms with E-state index < -0.39 is 38.0 Å². The van der Waals surface area contributed by atoms with E-state index in [1.807, 2.05) is 0 Å². The van der Waals surface area contributed by atoms with Gasteiger partial charge in [-0.15, -0.1) is 0 Å². The van der Waals surface area contributed by atoms with Crippen LogP contribution in [0.15, 0.2) is 11.2 Å². The molecule has 0 fully saturated rings. The van der Waals surface area contributed by atoms with Crippen molar-refractivity contribution in [3.63, 3.8) is 0 Å². The van der Waals surface area contributed by atoms with Gasteiger partial charge in [-0.1, -0.05) is 0 Å². The van der Waals surface area contributed by atoms with E-state index in [2.05, 4.69) is 14.9 Å². The molecular weight excluding hydrogens is 276 g/mol. The summed E-state index contributed by atoms with van der Waals surface area (Å²) in [5.41, 5.74) is 3.38. The number of nitrogens with zero attached hydrogens (tertiary/aromatic N) is 1. The highest BCUT2D eigenvalue weighted by atomic mass is 32.2. The Balaban J connectivity index is 3.08. The van der Waals surface area contributed by atoms with E-state index >= 15 is 0 Å². The predicted molar refractivity (Wildman–Crippen MR) is 63.8 cm³/mol. The van der Waals surface area contributed by atoms with Crippen molar-refractivity contribution in [2.45, 2.75) is 30.8 Å². The molecule has 106 valence electrons. The number of H-pyrrole nitrogens is 1. The summed E-state index contributed by atoms with van der Waals surface area (Å²) in [6.07, 6.45) is 0.654. The highest BCUT2D eigenvalue weighted by Crippen LogP contribution is 2.16. The number of hydrogen-bond donors (Lipinski definition) is 4. The molecule has 0 atom stereocenters. The van der Waals surface area contributed by atoms with E-state index in [1.165, 1.54) is 13.8 Å². The number of nitrogens with one attached hydrogen (secondary N) is 2. The van der Waals surface area contributed by atoms with Gasteiger partial charge in [0.15, 0.2) is 5.03 Å². The lowest BCUT2D eigenvalue weighted by molar-refractivity contribution is -0.119. The number of aromatic nitrogens is 2. The Morgan fingerprint density at radius 2 is 2.11 bits per heavy atom. The third kappa shape index (κ3) is 3.76. The molecule has 1 aromatic rings. The van der Waals surface area contributed by atoms with Gasteiger partial charge < -0.3 is 10.8 Å². The van der Waals surface area contributed by atoms with Crippen LogP contribution in [0.4, 0.5) is 0 Å². The molecule has 5 N–H and O–H groups in total. The van der Waals surface area contributed by atoms with Crippen LogP contribution in [-0.2, 0) is 14.8 Å². The van der Waals surface area contributed by atoms with Crippen LogP contribution in [0.1, 0.15) is 30.6 Å². The number of aromatic amines is 1. The lowest BCUT2D eigenvalue weighted by Gasteiger charge is -2.23. The molecule has 0 bridgehead atoms. The molecule has 1 amide bonds. The van der Waals surface area contributed by atoms with Crippen LogP contribution >= 0.6 is 0 Å². The van der Waals surface area contributed by atoms with Crippen molar-refractivity contribution in [1.29, 1.82) is 0 Å². The van der Waals surface area contributed by atoms with E-state index in [4.69, 9.17) is 10.8 Å². The molecule has 0 saturated heterocycles. The third-order valence-corrected chi connectivity index (χ3v) is 3.80. The molecule has 19 heavy (non-hydrogen) atoms. The fourth-order valence-corrected chi connectivity index (χ4v) is 3.02. The van der Waals surface area contributed by atoms with Crippen LogP contribution < -0.4 is 10.5 Å². The average molecular weight is 290 g/mol. The minimum Gasteiger partial charge on any atom is -0.478 e. The van der Waals surface area contributed by atoms with Crippen molar-refractivity contribution in [2.75, 3.05) is 0 Å². The Kier molecular flexibility index (Phi) is 3.96. The zero-order valence-corrected chi connectivity index (χ0v) is 11.1. The number of carboxylic acids is 1. The van der Waals surface area contributed by atoms with Gasteiger partial charge >= 0.3 is 5.97 Å². The number of amides is 1. The number of nitrogens with two attached hydrogens (primary N) is 1. The first-order valence-electron chi connectivity index (χ1n) is 5.14. The zero-order valence-electron chi connectivity index (χ0n) is 10.3. The van der Waals surface area contributed by atoms with Gasteiger partial charge in [-0.2, -0.15) is 5.10 Å². The van der Waals surface area contributed by atoms with Crippen LogP contribution in [0.2, 0.25) is 0 Å². The lowest BCUT2D eigenvalue weighted by Crippen LogP contribution is -2.46. The Morgan fingerprint density at radius 3 is 2.58 bits per heavy atom. The SMILES string of the molecule is CC(C)(CC(N)=O)NS(=O)(=O)c1[nH]ncc1C(=O)O. The first-order chi connectivity index (χ1) is 8.55. The average Bonchev–Trinajstić information content (AvgIpc) is 2.60. The first-order valence-corrected chi connectivity index (χ1v) is 6.62. The highest BCUT2D eigenvalue weighted by molar-refractivity contribution is 7.89. The van der Waals surface area contributed by atoms with Gasteiger partial charge in [0.1, 0.15) is 5.56 Å². The normalized spacial score (nSPS) is 12.3. The summed E-state index contributed by atoms with van der Waals surface area (Å²) in [6, 6.07) is 0. The number of carbonyl (C=O) groups is 2. The van der Waals surface area contributed by atoms with E-state index in [1.54, 1.807) is 0 Å². The second-order valence-electron chi connectivity index (χ2n) is 4.55. The van der Waals surface area contributed by atoms with Gasteiger partial charge in [0.05, 0.1) is 6.20 Å². The van der Waals surface area contributed by atoms with Crippen molar-refractivity contribution in [2.24, 2.45) is 5.73 Å². The van der Waals surface area contributed by atoms with Gasteiger partial charge in [0.2, 0.25) is 5.91 Å². The topological polar surface area (TPSA) is 155 Å². The Hall–Kier alpha value is -1.94. The fraction of sp³-hybridized carbons (Fsp3) is 0.444. The van der Waals surface area contributed by atoms with Gasteiger partial charge in [-0.25, -0.2) is 17.9 Å². The third-order valence-electron chi connectivity index (χ3n) is 2.13. The highest BCUT2D eigenvalue weighted by Gasteiger charge is 2.31. The molecule has 0 aliphatic rings. The van der Waals surface area contributed by atoms with Gasteiger partial charge in [-0.3, -0.25) is 9.89 Å². The Labute approximate surface area is 109 Å². The van der Waals surface area contributed by atoms with Crippen molar-refractivity contribution in [3.8, 4) is 0 Å². The molecule has 1 aromatic heterocycles. The molecule has 0 saturated carbocycles. The number of primary amides is 1. The maximum absolute atomic E-state index is 12.0. The lowest BCUT2D eigenvalue weighted by atomic mass is 10.0. The summed E-state index contributed by atoms with van der Waals surface area (Å²) in [5, 5.41) is 13.8. The predicted octanol–water partition coefficient (Wildman–Crippen LogP) is -0.960. The van der Waals surface area contributed by atoms with Crippen molar-refractivity contribution < 1.29 is 23.1 Å². The number of aromatic carboxylic acids is 1. The van der Waals surface area contributed by atoms with E-state index in [0.29, 0.717) is 0 Å². The molecule has 0 aliphatic carbocycles. The van der Waals surface area contributed by atoms with Crippen LogP contribution in [0.25, 0.3) is 0 Å². The maximum atomic E-state index is 12.0. The Morgan fingerprint density at radius 1 is 1.53 bits per heavy atom. The van der Waals surface area contributed by atoms with Crippen LogP contribution in [0.5, 0.6) is 0 Å². The number of hydrogen-bond acceptors (Lipinski definition) is 5. The molecule has 1 heterocycles. The van der Waals surface area contributed by atoms with E-state index in [9.17, 15) is 18.0 Å². The van der Waals surface area contributed by atoms with Crippen molar-refractivity contribution >= 4 is 21.9 Å². The fourth-order valence-electron chi connectivity index (χ4n) is 1.52. The summed E-state index contributed by atoms with van der Waals surface area (Å²) in [7, 11) is -4.15. The van der Waals surface area contributed by atoms with Crippen LogP contribution in [-0.4, -0.2) is 41.1 Å². The molecule has 0 unspecified atom stereocenters. The maximum Gasteiger partial charge on any atom is 0.340 e. The van der Waals surface area contributed by atoms with Crippen molar-refractivity contribution in [3.05, 3.63) is 11.8 Å². The number of carbonyl (C=O) groups excluding carboxylic acids is 1. The quantitative estimate of drug-likeness (QED) is 0.528. The molecular formula is C9H14N4O5S. The molecule has 0 spiro atoms. The molecule has 0 radical (unpaired) electrons. The number of sulfonamides is 1. The Bertz CT molecular complexity index is 604. The summed E-state index contributed by atoms with van der Waals surface area (Å²) in [4.78, 5) is 21.7. The van der Waals surface area contributed by atoms with E-state index in [0.717, 1.165) is 6.20 Å². The molecule has 0 aromatic carbocycles. The first kappa shape index (κ1) is 15.1. The molecule has 1 rings (SSSR count).